The van der Waals surface area contributed by atoms with Crippen molar-refractivity contribution in [2.24, 2.45) is 10.1 Å². The quantitative estimate of drug-likeness (QED) is 0.517. The molecular formula is C17H12BrN5O4S. The van der Waals surface area contributed by atoms with Gasteiger partial charge < -0.3 is 5.11 Å². The molecule has 2 N–H and O–H groups in total. The van der Waals surface area contributed by atoms with Crippen LogP contribution in [0, 0.1) is 10.1 Å². The SMILES string of the molecule is CSC1=NN2C(=c3cc(Br)ccc3=NC2c2ccc(O)c([N+](=O)[O-])c2)C(=O)N1. The number of fused-ring (bicyclic) bond motifs is 2. The van der Waals surface area contributed by atoms with E-state index in [4.69, 9.17) is 0 Å². The van der Waals surface area contributed by atoms with Crippen molar-refractivity contribution in [3.05, 3.63) is 67.1 Å². The van der Waals surface area contributed by atoms with E-state index < -0.39 is 22.5 Å². The fourth-order valence-electron chi connectivity index (χ4n) is 3.01. The number of hydrazone groups is 1. The van der Waals surface area contributed by atoms with E-state index in [1.54, 1.807) is 24.5 Å². The molecule has 4 rings (SSSR count). The molecule has 28 heavy (non-hydrogen) atoms. The lowest BCUT2D eigenvalue weighted by molar-refractivity contribution is -0.386. The highest BCUT2D eigenvalue weighted by Gasteiger charge is 2.35. The molecule has 2 aliphatic rings. The fraction of sp³-hybridized carbons (Fsp3) is 0.118. The van der Waals surface area contributed by atoms with Crippen LogP contribution in [0.5, 0.6) is 5.75 Å². The number of carbonyl (C=O) groups excluding carboxylic acids is 1. The molecule has 2 heterocycles. The van der Waals surface area contributed by atoms with Gasteiger partial charge in [0.15, 0.2) is 17.1 Å². The summed E-state index contributed by atoms with van der Waals surface area (Å²) in [6, 6.07) is 9.34. The van der Waals surface area contributed by atoms with Crippen molar-refractivity contribution in [1.29, 1.82) is 0 Å². The number of amidine groups is 1. The number of amides is 1. The summed E-state index contributed by atoms with van der Waals surface area (Å²) in [5.74, 6) is -0.783. The standard InChI is InChI=1S/C17H12BrN5O4S/c1-28-17-20-16(25)14-10-7-9(18)3-4-11(10)19-15(22(14)21-17)8-2-5-13(24)12(6-8)23(26)27/h2-7,15,24H,1H3,(H,20,21,25). The second kappa shape index (κ2) is 6.91. The van der Waals surface area contributed by atoms with E-state index >= 15 is 0 Å². The molecule has 0 saturated heterocycles. The van der Waals surface area contributed by atoms with E-state index in [9.17, 15) is 20.0 Å². The van der Waals surface area contributed by atoms with Gasteiger partial charge >= 0.3 is 5.69 Å². The second-order valence-electron chi connectivity index (χ2n) is 5.93. The van der Waals surface area contributed by atoms with Gasteiger partial charge in [-0.25, -0.2) is 5.01 Å². The maximum atomic E-state index is 12.8. The largest absolute Gasteiger partial charge is 0.502 e. The highest BCUT2D eigenvalue weighted by atomic mass is 79.9. The van der Waals surface area contributed by atoms with Gasteiger partial charge in [0.1, 0.15) is 5.70 Å². The molecular weight excluding hydrogens is 450 g/mol. The topological polar surface area (TPSA) is 120 Å². The third-order valence-electron chi connectivity index (χ3n) is 4.26. The average Bonchev–Trinajstić information content (AvgIpc) is 2.67. The fourth-order valence-corrected chi connectivity index (χ4v) is 3.73. The molecule has 1 unspecified atom stereocenters. The maximum absolute atomic E-state index is 12.8. The van der Waals surface area contributed by atoms with Crippen molar-refractivity contribution in [3.63, 3.8) is 0 Å². The molecule has 0 aliphatic carbocycles. The summed E-state index contributed by atoms with van der Waals surface area (Å²) < 4.78 is 0.778. The van der Waals surface area contributed by atoms with E-state index in [1.165, 1.54) is 35.0 Å². The van der Waals surface area contributed by atoms with Crippen molar-refractivity contribution < 1.29 is 14.8 Å². The Kier molecular flexibility index (Phi) is 4.55. The maximum Gasteiger partial charge on any atom is 0.311 e. The van der Waals surface area contributed by atoms with Crippen molar-refractivity contribution >= 4 is 50.2 Å². The van der Waals surface area contributed by atoms with E-state index in [0.717, 1.165) is 4.47 Å². The zero-order valence-electron chi connectivity index (χ0n) is 14.3. The van der Waals surface area contributed by atoms with Crippen molar-refractivity contribution in [3.8, 4) is 5.75 Å². The summed E-state index contributed by atoms with van der Waals surface area (Å²) in [5.41, 5.74) is 0.283. The number of nitro groups is 1. The molecule has 2 aliphatic heterocycles. The third-order valence-corrected chi connectivity index (χ3v) is 5.32. The molecule has 9 nitrogen and oxygen atoms in total. The van der Waals surface area contributed by atoms with E-state index in [2.05, 4.69) is 31.3 Å². The van der Waals surface area contributed by atoms with Crippen molar-refractivity contribution in [2.45, 2.75) is 6.17 Å². The number of halogens is 1. The molecule has 0 aromatic heterocycles. The lowest BCUT2D eigenvalue weighted by Crippen LogP contribution is -2.50. The van der Waals surface area contributed by atoms with Crippen LogP contribution in [-0.2, 0) is 4.79 Å². The summed E-state index contributed by atoms with van der Waals surface area (Å²) in [7, 11) is 0. The number of phenols is 1. The summed E-state index contributed by atoms with van der Waals surface area (Å²) in [6.45, 7) is 0. The number of rotatable bonds is 2. The number of thioether (sulfide) groups is 1. The molecule has 11 heteroatoms. The Morgan fingerprint density at radius 2 is 2.11 bits per heavy atom. The van der Waals surface area contributed by atoms with Crippen LogP contribution < -0.4 is 15.9 Å². The van der Waals surface area contributed by atoms with Crippen LogP contribution in [0.2, 0.25) is 0 Å². The van der Waals surface area contributed by atoms with Gasteiger partial charge in [0, 0.05) is 21.3 Å². The van der Waals surface area contributed by atoms with Gasteiger partial charge in [0.2, 0.25) is 0 Å². The predicted molar refractivity (Wildman–Crippen MR) is 107 cm³/mol. The number of nitrogens with zero attached hydrogens (tertiary/aromatic N) is 4. The molecule has 1 atom stereocenters. The summed E-state index contributed by atoms with van der Waals surface area (Å²) in [6.07, 6.45) is 0.979. The monoisotopic (exact) mass is 461 g/mol. The Bertz CT molecular complexity index is 1180. The van der Waals surface area contributed by atoms with Crippen LogP contribution in [0.15, 0.2) is 51.0 Å². The van der Waals surface area contributed by atoms with Crippen LogP contribution >= 0.6 is 27.7 Å². The number of aromatic hydroxyl groups is 1. The molecule has 142 valence electrons. The number of carbonyl (C=O) groups is 1. The highest BCUT2D eigenvalue weighted by molar-refractivity contribution is 9.10. The van der Waals surface area contributed by atoms with Crippen molar-refractivity contribution in [1.82, 2.24) is 10.3 Å². The Morgan fingerprint density at radius 3 is 2.82 bits per heavy atom. The number of nitrogens with one attached hydrogen (secondary N) is 1. The zero-order chi connectivity index (χ0) is 20.0. The van der Waals surface area contributed by atoms with Gasteiger partial charge in [-0.3, -0.25) is 25.2 Å². The number of nitro benzene ring substituents is 1. The molecule has 0 fully saturated rings. The normalized spacial score (nSPS) is 17.9. The van der Waals surface area contributed by atoms with Crippen LogP contribution in [0.3, 0.4) is 0 Å². The number of benzene rings is 2. The molecule has 1 amide bonds. The van der Waals surface area contributed by atoms with Crippen LogP contribution in [0.4, 0.5) is 5.69 Å². The molecule has 2 aromatic rings. The molecule has 0 radical (unpaired) electrons. The third kappa shape index (κ3) is 3.02. The Labute approximate surface area is 170 Å². The summed E-state index contributed by atoms with van der Waals surface area (Å²) >= 11 is 4.66. The first-order chi connectivity index (χ1) is 13.4. The molecule has 2 aromatic carbocycles. The van der Waals surface area contributed by atoms with Crippen LogP contribution in [-0.4, -0.2) is 32.4 Å². The molecule has 0 bridgehead atoms. The van der Waals surface area contributed by atoms with Gasteiger partial charge in [-0.15, -0.1) is 5.10 Å². The van der Waals surface area contributed by atoms with Gasteiger partial charge in [-0.1, -0.05) is 33.8 Å². The minimum Gasteiger partial charge on any atom is -0.502 e. The zero-order valence-corrected chi connectivity index (χ0v) is 16.7. The Morgan fingerprint density at radius 1 is 1.32 bits per heavy atom. The van der Waals surface area contributed by atoms with E-state index in [-0.39, 0.29) is 5.91 Å². The minimum absolute atomic E-state index is 0.296. The highest BCUT2D eigenvalue weighted by Crippen LogP contribution is 2.35. The number of phenolic OH excluding ortho intramolecular Hbond substituents is 1. The van der Waals surface area contributed by atoms with Gasteiger partial charge in [0.05, 0.1) is 10.3 Å². The van der Waals surface area contributed by atoms with Gasteiger partial charge in [-0.05, 0) is 30.5 Å². The Hall–Kier alpha value is -2.92. The predicted octanol–water partition coefficient (Wildman–Crippen LogP) is 1.57. The smallest absolute Gasteiger partial charge is 0.311 e. The average molecular weight is 462 g/mol. The number of hydrogen-bond acceptors (Lipinski definition) is 8. The lowest BCUT2D eigenvalue weighted by atomic mass is 10.1. The molecule has 0 spiro atoms. The lowest BCUT2D eigenvalue weighted by Gasteiger charge is -2.33. The number of hydrogen-bond donors (Lipinski definition) is 2. The minimum atomic E-state index is -0.795. The summed E-state index contributed by atoms with van der Waals surface area (Å²) in [4.78, 5) is 28.0. The Balaban J connectivity index is 1.99. The summed E-state index contributed by atoms with van der Waals surface area (Å²) in [5, 5.41) is 31.2. The first-order valence-electron chi connectivity index (χ1n) is 7.97. The first-order valence-corrected chi connectivity index (χ1v) is 9.99. The van der Waals surface area contributed by atoms with Gasteiger partial charge in [-0.2, -0.15) is 0 Å². The second-order valence-corrected chi connectivity index (χ2v) is 7.64. The van der Waals surface area contributed by atoms with E-state index in [1.807, 2.05) is 0 Å². The van der Waals surface area contributed by atoms with Crippen molar-refractivity contribution in [2.75, 3.05) is 6.26 Å². The van der Waals surface area contributed by atoms with Crippen LogP contribution in [0.25, 0.3) is 5.70 Å². The first kappa shape index (κ1) is 18.4. The molecule has 0 saturated carbocycles. The van der Waals surface area contributed by atoms with Gasteiger partial charge in [0.25, 0.3) is 5.91 Å². The van der Waals surface area contributed by atoms with Crippen LogP contribution in [0.1, 0.15) is 11.7 Å². The van der Waals surface area contributed by atoms with E-state index in [0.29, 0.717) is 27.0 Å².